The first kappa shape index (κ1) is 13.4. The molecule has 2 aromatic rings. The topological polar surface area (TPSA) is 67.2 Å². The number of halogens is 1. The molecule has 5 heteroatoms. The van der Waals surface area contributed by atoms with Crippen LogP contribution < -0.4 is 16.4 Å². The molecule has 0 saturated carbocycles. The highest BCUT2D eigenvalue weighted by atomic mass is 19.1. The minimum absolute atomic E-state index is 0.160. The third kappa shape index (κ3) is 2.81. The zero-order valence-corrected chi connectivity index (χ0v) is 11.4. The van der Waals surface area contributed by atoms with Crippen LogP contribution in [0.15, 0.2) is 36.4 Å². The fraction of sp³-hybridized carbons (Fsp3) is 0.188. The Morgan fingerprint density at radius 2 is 2.10 bits per heavy atom. The molecule has 2 aromatic carbocycles. The molecule has 1 heterocycles. The molecule has 4 nitrogen and oxygen atoms in total. The normalized spacial score (nSPS) is 13.2. The largest absolute Gasteiger partial charge is 0.385 e. The van der Waals surface area contributed by atoms with Crippen LogP contribution in [0.5, 0.6) is 0 Å². The van der Waals surface area contributed by atoms with E-state index in [1.807, 2.05) is 18.2 Å². The molecule has 108 valence electrons. The van der Waals surface area contributed by atoms with Gasteiger partial charge in [0.1, 0.15) is 5.82 Å². The molecule has 4 N–H and O–H groups in total. The Labute approximate surface area is 122 Å². The van der Waals surface area contributed by atoms with Gasteiger partial charge in [-0.05, 0) is 54.8 Å². The first-order valence-corrected chi connectivity index (χ1v) is 6.86. The molecule has 0 atom stereocenters. The molecule has 1 aliphatic rings. The summed E-state index contributed by atoms with van der Waals surface area (Å²) in [5.41, 5.74) is 8.79. The van der Waals surface area contributed by atoms with Crippen molar-refractivity contribution < 1.29 is 9.18 Å². The van der Waals surface area contributed by atoms with Crippen molar-refractivity contribution in [1.29, 1.82) is 0 Å². The molecule has 1 aliphatic heterocycles. The van der Waals surface area contributed by atoms with Crippen molar-refractivity contribution in [2.75, 3.05) is 17.2 Å². The number of carbonyl (C=O) groups excluding carboxylic acids is 1. The van der Waals surface area contributed by atoms with Gasteiger partial charge in [-0.3, -0.25) is 4.79 Å². The Morgan fingerprint density at radius 1 is 1.24 bits per heavy atom. The molecule has 0 radical (unpaired) electrons. The number of nitrogens with two attached hydrogens (primary N) is 1. The molecule has 3 rings (SSSR count). The number of anilines is 3. The van der Waals surface area contributed by atoms with Gasteiger partial charge < -0.3 is 16.4 Å². The summed E-state index contributed by atoms with van der Waals surface area (Å²) in [6.45, 7) is 0.989. The Hall–Kier alpha value is -2.56. The minimum Gasteiger partial charge on any atom is -0.385 e. The highest BCUT2D eigenvalue weighted by Gasteiger charge is 2.11. The van der Waals surface area contributed by atoms with Gasteiger partial charge in [0.25, 0.3) is 0 Å². The summed E-state index contributed by atoms with van der Waals surface area (Å²) >= 11 is 0. The molecule has 0 fully saturated rings. The highest BCUT2D eigenvalue weighted by molar-refractivity contribution is 5.93. The standard InChI is InChI=1S/C16H16FN3O/c17-13-9-11(16(18)21)3-5-15(13)20-12-4-6-14-10(8-12)2-1-7-19-14/h3-6,8-9,19-20H,1-2,7H2,(H2,18,21). The number of aryl methyl sites for hydroxylation is 1. The number of rotatable bonds is 3. The third-order valence-corrected chi connectivity index (χ3v) is 3.58. The monoisotopic (exact) mass is 285 g/mol. The van der Waals surface area contributed by atoms with Gasteiger partial charge >= 0.3 is 0 Å². The van der Waals surface area contributed by atoms with Crippen LogP contribution in [0, 0.1) is 5.82 Å². The predicted octanol–water partition coefficient (Wildman–Crippen LogP) is 3.03. The van der Waals surface area contributed by atoms with Crippen molar-refractivity contribution in [1.82, 2.24) is 0 Å². The Bertz CT molecular complexity index is 700. The number of hydrogen-bond donors (Lipinski definition) is 3. The molecule has 0 bridgehead atoms. The number of benzene rings is 2. The third-order valence-electron chi connectivity index (χ3n) is 3.58. The number of hydrogen-bond acceptors (Lipinski definition) is 3. The number of amides is 1. The van der Waals surface area contributed by atoms with Gasteiger partial charge in [0.2, 0.25) is 5.91 Å². The summed E-state index contributed by atoms with van der Waals surface area (Å²) in [4.78, 5) is 11.0. The molecule has 0 saturated heterocycles. The average molecular weight is 285 g/mol. The maximum Gasteiger partial charge on any atom is 0.248 e. The molecular weight excluding hydrogens is 269 g/mol. The summed E-state index contributed by atoms with van der Waals surface area (Å²) in [6, 6.07) is 10.1. The smallest absolute Gasteiger partial charge is 0.248 e. The zero-order chi connectivity index (χ0) is 14.8. The SMILES string of the molecule is NC(=O)c1ccc(Nc2ccc3c(c2)CCCN3)c(F)c1. The van der Waals surface area contributed by atoms with E-state index in [-0.39, 0.29) is 5.56 Å². The van der Waals surface area contributed by atoms with Crippen molar-refractivity contribution in [2.45, 2.75) is 12.8 Å². The van der Waals surface area contributed by atoms with Crippen LogP contribution in [0.3, 0.4) is 0 Å². The van der Waals surface area contributed by atoms with E-state index in [1.165, 1.54) is 17.7 Å². The number of fused-ring (bicyclic) bond motifs is 1. The number of nitrogens with one attached hydrogen (secondary N) is 2. The molecule has 21 heavy (non-hydrogen) atoms. The van der Waals surface area contributed by atoms with Gasteiger partial charge in [-0.1, -0.05) is 0 Å². The summed E-state index contributed by atoms with van der Waals surface area (Å²) < 4.78 is 14.0. The zero-order valence-electron chi connectivity index (χ0n) is 11.4. The molecule has 0 unspecified atom stereocenters. The van der Waals surface area contributed by atoms with Gasteiger partial charge in [-0.15, -0.1) is 0 Å². The maximum absolute atomic E-state index is 14.0. The van der Waals surface area contributed by atoms with E-state index in [9.17, 15) is 9.18 Å². The average Bonchev–Trinajstić information content (AvgIpc) is 2.49. The second-order valence-corrected chi connectivity index (χ2v) is 5.09. The lowest BCUT2D eigenvalue weighted by Gasteiger charge is -2.19. The first-order chi connectivity index (χ1) is 10.1. The van der Waals surface area contributed by atoms with Crippen LogP contribution in [0.4, 0.5) is 21.5 Å². The van der Waals surface area contributed by atoms with E-state index in [0.717, 1.165) is 36.8 Å². The van der Waals surface area contributed by atoms with Crippen molar-refractivity contribution in [3.63, 3.8) is 0 Å². The second-order valence-electron chi connectivity index (χ2n) is 5.09. The van der Waals surface area contributed by atoms with Gasteiger partial charge in [-0.2, -0.15) is 0 Å². The van der Waals surface area contributed by atoms with Gasteiger partial charge in [-0.25, -0.2) is 4.39 Å². The number of primary amides is 1. The first-order valence-electron chi connectivity index (χ1n) is 6.86. The second kappa shape index (κ2) is 5.44. The summed E-state index contributed by atoms with van der Waals surface area (Å²) in [5.74, 6) is -1.14. The highest BCUT2D eigenvalue weighted by Crippen LogP contribution is 2.28. The van der Waals surface area contributed by atoms with Crippen LogP contribution in [0.1, 0.15) is 22.3 Å². The predicted molar refractivity (Wildman–Crippen MR) is 81.5 cm³/mol. The van der Waals surface area contributed by atoms with Crippen molar-refractivity contribution in [3.8, 4) is 0 Å². The van der Waals surface area contributed by atoms with Crippen LogP contribution >= 0.6 is 0 Å². The van der Waals surface area contributed by atoms with Crippen molar-refractivity contribution in [3.05, 3.63) is 53.3 Å². The van der Waals surface area contributed by atoms with Gasteiger partial charge in [0.15, 0.2) is 0 Å². The number of carbonyl (C=O) groups is 1. The Balaban J connectivity index is 1.85. The Kier molecular flexibility index (Phi) is 3.48. The summed E-state index contributed by atoms with van der Waals surface area (Å²) in [7, 11) is 0. The van der Waals surface area contributed by atoms with Crippen LogP contribution in [0.2, 0.25) is 0 Å². The van der Waals surface area contributed by atoms with Crippen LogP contribution in [0.25, 0.3) is 0 Å². The fourth-order valence-electron chi connectivity index (χ4n) is 2.48. The van der Waals surface area contributed by atoms with Gasteiger partial charge in [0, 0.05) is 23.5 Å². The minimum atomic E-state index is -0.639. The van der Waals surface area contributed by atoms with Gasteiger partial charge in [0.05, 0.1) is 5.69 Å². The van der Waals surface area contributed by atoms with Crippen LogP contribution in [-0.4, -0.2) is 12.5 Å². The van der Waals surface area contributed by atoms with E-state index in [1.54, 1.807) is 0 Å². The lowest BCUT2D eigenvalue weighted by Crippen LogP contribution is -2.12. The molecule has 0 spiro atoms. The Morgan fingerprint density at radius 3 is 2.86 bits per heavy atom. The fourth-order valence-corrected chi connectivity index (χ4v) is 2.48. The molecular formula is C16H16FN3O. The van der Waals surface area contributed by atoms with E-state index in [2.05, 4.69) is 10.6 Å². The maximum atomic E-state index is 14.0. The molecule has 0 aromatic heterocycles. The van der Waals surface area contributed by atoms with E-state index in [4.69, 9.17) is 5.73 Å². The van der Waals surface area contributed by atoms with Crippen molar-refractivity contribution >= 4 is 23.0 Å². The van der Waals surface area contributed by atoms with E-state index < -0.39 is 11.7 Å². The summed E-state index contributed by atoms with van der Waals surface area (Å²) in [5, 5.41) is 6.37. The van der Waals surface area contributed by atoms with E-state index >= 15 is 0 Å². The lowest BCUT2D eigenvalue weighted by molar-refractivity contribution is 0.1000. The lowest BCUT2D eigenvalue weighted by atomic mass is 10.0. The summed E-state index contributed by atoms with van der Waals surface area (Å²) in [6.07, 6.45) is 2.11. The molecule has 0 aliphatic carbocycles. The van der Waals surface area contributed by atoms with E-state index in [0.29, 0.717) is 5.69 Å². The van der Waals surface area contributed by atoms with Crippen molar-refractivity contribution in [2.24, 2.45) is 5.73 Å². The quantitative estimate of drug-likeness (QED) is 0.812. The molecule has 1 amide bonds. The van der Waals surface area contributed by atoms with Crippen LogP contribution in [-0.2, 0) is 6.42 Å².